The summed E-state index contributed by atoms with van der Waals surface area (Å²) in [6.45, 7) is 2.74. The van der Waals surface area contributed by atoms with Crippen molar-refractivity contribution < 1.29 is 32.7 Å². The Morgan fingerprint density at radius 3 is 2.21 bits per heavy atom. The van der Waals surface area contributed by atoms with Gasteiger partial charge in [0.1, 0.15) is 0 Å². The molecular weight excluding hydrogens is 511 g/mol. The molecule has 1 heterocycles. The number of hydrogen-bond acceptors (Lipinski definition) is 4. The predicted molar refractivity (Wildman–Crippen MR) is 136 cm³/mol. The van der Waals surface area contributed by atoms with E-state index in [4.69, 9.17) is 0 Å². The number of carboxylic acids is 1. The molecule has 198 valence electrons. The maximum atomic E-state index is 14.0. The van der Waals surface area contributed by atoms with Crippen molar-refractivity contribution in [3.05, 3.63) is 112 Å². The first-order valence-electron chi connectivity index (χ1n) is 11.7. The summed E-state index contributed by atoms with van der Waals surface area (Å²) >= 11 is 0. The fourth-order valence-corrected chi connectivity index (χ4v) is 4.62. The number of Topliss-reactive ketones (excluding diaryl/α,β-unsaturated/α-hetero) is 1. The van der Waals surface area contributed by atoms with E-state index in [0.29, 0.717) is 16.7 Å². The molecule has 3 aromatic rings. The highest BCUT2D eigenvalue weighted by Gasteiger charge is 2.42. The Balaban J connectivity index is 1.90. The molecule has 1 aliphatic rings. The van der Waals surface area contributed by atoms with Gasteiger partial charge >= 0.3 is 18.2 Å². The number of benzene rings is 3. The van der Waals surface area contributed by atoms with Gasteiger partial charge in [-0.3, -0.25) is 9.69 Å². The van der Waals surface area contributed by atoms with Crippen molar-refractivity contribution in [1.82, 2.24) is 4.90 Å². The van der Waals surface area contributed by atoms with Crippen molar-refractivity contribution in [2.75, 3.05) is 4.90 Å². The number of rotatable bonds is 6. The average Bonchev–Trinajstić information content (AvgIpc) is 2.90. The lowest BCUT2D eigenvalue weighted by atomic mass is 9.89. The molecule has 1 atom stereocenters. The molecule has 4 rings (SSSR count). The van der Waals surface area contributed by atoms with Crippen LogP contribution in [0.15, 0.2) is 84.1 Å². The molecule has 0 bridgehead atoms. The van der Waals surface area contributed by atoms with E-state index < -0.39 is 35.6 Å². The monoisotopic (exact) mass is 533 g/mol. The van der Waals surface area contributed by atoms with Crippen LogP contribution in [0.25, 0.3) is 0 Å². The SMILES string of the molecule is CC(=O)C1=C(C)N(c2cccc(C(F)(F)F)c2)C(=O)N(Cc2ccc(C(=O)O)cc2)C1c1ccc(C#N)cc1. The zero-order valence-electron chi connectivity index (χ0n) is 20.9. The lowest BCUT2D eigenvalue weighted by Gasteiger charge is -2.43. The van der Waals surface area contributed by atoms with Crippen LogP contribution in [0.2, 0.25) is 0 Å². The highest BCUT2D eigenvalue weighted by Crippen LogP contribution is 2.41. The van der Waals surface area contributed by atoms with Gasteiger partial charge in [0.15, 0.2) is 5.78 Å². The number of nitriles is 1. The number of aromatic carboxylic acids is 1. The number of carboxylic acid groups (broad SMARTS) is 1. The highest BCUT2D eigenvalue weighted by molar-refractivity contribution is 6.05. The molecule has 0 saturated heterocycles. The summed E-state index contributed by atoms with van der Waals surface area (Å²) in [5, 5.41) is 18.4. The molecule has 1 aliphatic heterocycles. The van der Waals surface area contributed by atoms with E-state index in [0.717, 1.165) is 17.0 Å². The van der Waals surface area contributed by atoms with Crippen LogP contribution in [-0.2, 0) is 17.5 Å². The number of carbonyl (C=O) groups excluding carboxylic acids is 2. The van der Waals surface area contributed by atoms with E-state index in [1.807, 2.05) is 6.07 Å². The minimum Gasteiger partial charge on any atom is -0.478 e. The Morgan fingerprint density at radius 2 is 1.67 bits per heavy atom. The number of carbonyl (C=O) groups is 3. The quantitative estimate of drug-likeness (QED) is 0.400. The molecule has 0 aliphatic carbocycles. The molecular formula is C29H22F3N3O4. The highest BCUT2D eigenvalue weighted by atomic mass is 19.4. The van der Waals surface area contributed by atoms with Crippen LogP contribution in [0.1, 0.15) is 52.5 Å². The molecule has 1 unspecified atom stereocenters. The minimum atomic E-state index is -4.65. The molecule has 1 N–H and O–H groups in total. The second-order valence-electron chi connectivity index (χ2n) is 8.99. The number of alkyl halides is 3. The van der Waals surface area contributed by atoms with Crippen LogP contribution in [-0.4, -0.2) is 27.8 Å². The predicted octanol–water partition coefficient (Wildman–Crippen LogP) is 6.32. The van der Waals surface area contributed by atoms with E-state index in [9.17, 15) is 37.9 Å². The lowest BCUT2D eigenvalue weighted by Crippen LogP contribution is -2.50. The summed E-state index contributed by atoms with van der Waals surface area (Å²) in [7, 11) is 0. The molecule has 0 saturated carbocycles. The van der Waals surface area contributed by atoms with Gasteiger partial charge in [-0.15, -0.1) is 0 Å². The zero-order valence-corrected chi connectivity index (χ0v) is 20.9. The third kappa shape index (κ3) is 5.38. The molecule has 0 fully saturated rings. The van der Waals surface area contributed by atoms with Crippen LogP contribution < -0.4 is 4.90 Å². The summed E-state index contributed by atoms with van der Waals surface area (Å²) in [6, 6.07) is 16.9. The molecule has 2 amide bonds. The Labute approximate surface area is 222 Å². The number of anilines is 1. The van der Waals surface area contributed by atoms with E-state index in [1.165, 1.54) is 55.1 Å². The van der Waals surface area contributed by atoms with Crippen LogP contribution in [0.5, 0.6) is 0 Å². The third-order valence-corrected chi connectivity index (χ3v) is 6.47. The van der Waals surface area contributed by atoms with Crippen molar-refractivity contribution in [1.29, 1.82) is 5.26 Å². The zero-order chi connectivity index (χ0) is 28.5. The number of nitrogens with zero attached hydrogens (tertiary/aromatic N) is 3. The molecule has 10 heteroatoms. The summed E-state index contributed by atoms with van der Waals surface area (Å²) in [5.74, 6) is -1.52. The second-order valence-corrected chi connectivity index (χ2v) is 8.99. The van der Waals surface area contributed by atoms with E-state index in [1.54, 1.807) is 24.3 Å². The molecule has 0 radical (unpaired) electrons. The van der Waals surface area contributed by atoms with Crippen molar-refractivity contribution in [3.8, 4) is 6.07 Å². The largest absolute Gasteiger partial charge is 0.478 e. The Kier molecular flexibility index (Phi) is 7.27. The topological polar surface area (TPSA) is 102 Å². The first-order chi connectivity index (χ1) is 18.4. The van der Waals surface area contributed by atoms with Gasteiger partial charge in [0.05, 0.1) is 34.5 Å². The average molecular weight is 534 g/mol. The van der Waals surface area contributed by atoms with E-state index in [-0.39, 0.29) is 29.1 Å². The van der Waals surface area contributed by atoms with Crippen molar-refractivity contribution in [2.24, 2.45) is 0 Å². The smallest absolute Gasteiger partial charge is 0.416 e. The summed E-state index contributed by atoms with van der Waals surface area (Å²) in [5.41, 5.74) is 0.838. The van der Waals surface area contributed by atoms with Gasteiger partial charge in [0.25, 0.3) is 0 Å². The van der Waals surface area contributed by atoms with Crippen molar-refractivity contribution in [2.45, 2.75) is 32.6 Å². The second kappa shape index (κ2) is 10.5. The molecule has 39 heavy (non-hydrogen) atoms. The normalized spacial score (nSPS) is 15.8. The third-order valence-electron chi connectivity index (χ3n) is 6.47. The number of ketones is 1. The number of halogens is 3. The van der Waals surface area contributed by atoms with Gasteiger partial charge in [-0.2, -0.15) is 18.4 Å². The number of urea groups is 1. The maximum Gasteiger partial charge on any atom is 0.416 e. The number of allylic oxidation sites excluding steroid dienone is 1. The van der Waals surface area contributed by atoms with Crippen LogP contribution in [0, 0.1) is 11.3 Å². The Hall–Kier alpha value is -4.91. The first kappa shape index (κ1) is 27.1. The van der Waals surface area contributed by atoms with E-state index in [2.05, 4.69) is 0 Å². The van der Waals surface area contributed by atoms with Crippen LogP contribution >= 0.6 is 0 Å². The van der Waals surface area contributed by atoms with Gasteiger partial charge in [0.2, 0.25) is 0 Å². The van der Waals surface area contributed by atoms with Gasteiger partial charge < -0.3 is 10.0 Å². The van der Waals surface area contributed by atoms with Gasteiger partial charge in [0, 0.05) is 17.8 Å². The molecule has 7 nitrogen and oxygen atoms in total. The van der Waals surface area contributed by atoms with Gasteiger partial charge in [-0.1, -0.05) is 30.3 Å². The fourth-order valence-electron chi connectivity index (χ4n) is 4.62. The Bertz CT molecular complexity index is 1520. The van der Waals surface area contributed by atoms with Crippen LogP contribution in [0.3, 0.4) is 0 Å². The molecule has 3 aromatic carbocycles. The summed E-state index contributed by atoms with van der Waals surface area (Å²) in [4.78, 5) is 40.8. The fraction of sp³-hybridized carbons (Fsp3) is 0.172. The summed E-state index contributed by atoms with van der Waals surface area (Å²) < 4.78 is 40.5. The molecule has 0 spiro atoms. The lowest BCUT2D eigenvalue weighted by molar-refractivity contribution is -0.137. The van der Waals surface area contributed by atoms with Gasteiger partial charge in [-0.25, -0.2) is 9.59 Å². The maximum absolute atomic E-state index is 14.0. The van der Waals surface area contributed by atoms with Gasteiger partial charge in [-0.05, 0) is 67.4 Å². The minimum absolute atomic E-state index is 0.0399. The molecule has 0 aromatic heterocycles. The van der Waals surface area contributed by atoms with Crippen LogP contribution in [0.4, 0.5) is 23.7 Å². The Morgan fingerprint density at radius 1 is 1.03 bits per heavy atom. The first-order valence-corrected chi connectivity index (χ1v) is 11.7. The summed E-state index contributed by atoms with van der Waals surface area (Å²) in [6.07, 6.45) is -4.65. The number of amides is 2. The van der Waals surface area contributed by atoms with Crippen molar-refractivity contribution >= 4 is 23.5 Å². The van der Waals surface area contributed by atoms with E-state index >= 15 is 0 Å². The number of hydrogen-bond donors (Lipinski definition) is 1. The standard InChI is InChI=1S/C29H22F3N3O4/c1-17-25(18(2)36)26(21-10-6-19(15-33)7-11-21)34(16-20-8-12-22(13-9-20)27(37)38)28(39)35(17)24-5-3-4-23(14-24)29(30,31)32/h3-14,26H,16H2,1-2H3,(H,37,38). The van der Waals surface area contributed by atoms with Crippen molar-refractivity contribution in [3.63, 3.8) is 0 Å².